The first-order chi connectivity index (χ1) is 9.63. The fraction of sp³-hybridized carbons (Fsp3) is 0.286. The average molecular weight is 274 g/mol. The second kappa shape index (κ2) is 6.10. The summed E-state index contributed by atoms with van der Waals surface area (Å²) >= 11 is 0. The van der Waals surface area contributed by atoms with Crippen molar-refractivity contribution in [3.05, 3.63) is 36.2 Å². The zero-order valence-electron chi connectivity index (χ0n) is 11.6. The van der Waals surface area contributed by atoms with Crippen molar-refractivity contribution in [1.29, 1.82) is 0 Å². The molecule has 0 atom stereocenters. The molecule has 0 saturated heterocycles. The Hall–Kier alpha value is -2.50. The summed E-state index contributed by atoms with van der Waals surface area (Å²) in [6.07, 6.45) is 4.46. The van der Waals surface area contributed by atoms with E-state index in [-0.39, 0.29) is 5.91 Å². The topological polar surface area (TPSA) is 82.2 Å². The number of nitrogens with zero attached hydrogens (tertiary/aromatic N) is 2. The number of anilines is 1. The van der Waals surface area contributed by atoms with Crippen molar-refractivity contribution >= 4 is 11.6 Å². The van der Waals surface area contributed by atoms with Gasteiger partial charge in [0.15, 0.2) is 11.5 Å². The molecule has 3 N–H and O–H groups in total. The van der Waals surface area contributed by atoms with E-state index in [0.717, 1.165) is 13.0 Å². The third-order valence-electron chi connectivity index (χ3n) is 2.79. The Kier molecular flexibility index (Phi) is 4.24. The number of hydrogen-bond donors (Lipinski definition) is 2. The number of benzene rings is 1. The van der Waals surface area contributed by atoms with Gasteiger partial charge in [-0.1, -0.05) is 6.92 Å². The number of aromatic nitrogens is 2. The molecular weight excluding hydrogens is 256 g/mol. The summed E-state index contributed by atoms with van der Waals surface area (Å²) in [6.45, 7) is 2.92. The largest absolute Gasteiger partial charge is 0.452 e. The van der Waals surface area contributed by atoms with Crippen LogP contribution >= 0.6 is 0 Å². The van der Waals surface area contributed by atoms with Gasteiger partial charge in [-0.05, 0) is 24.6 Å². The molecule has 6 nitrogen and oxygen atoms in total. The van der Waals surface area contributed by atoms with E-state index in [2.05, 4.69) is 17.3 Å². The number of rotatable bonds is 5. The number of hydrogen-bond acceptors (Lipinski definition) is 4. The molecule has 2 aromatic rings. The molecule has 1 amide bonds. The number of aryl methyl sites for hydroxylation is 1. The minimum absolute atomic E-state index is 0.181. The van der Waals surface area contributed by atoms with E-state index < -0.39 is 0 Å². The molecule has 0 aliphatic rings. The first-order valence-electron chi connectivity index (χ1n) is 6.46. The van der Waals surface area contributed by atoms with Crippen LogP contribution in [0.2, 0.25) is 0 Å². The van der Waals surface area contributed by atoms with E-state index in [4.69, 9.17) is 10.5 Å². The summed E-state index contributed by atoms with van der Waals surface area (Å²) in [7, 11) is 1.57. The predicted molar refractivity (Wildman–Crippen MR) is 76.8 cm³/mol. The quantitative estimate of drug-likeness (QED) is 0.817. The highest BCUT2D eigenvalue weighted by Crippen LogP contribution is 2.27. The second-order valence-electron chi connectivity index (χ2n) is 4.37. The maximum absolute atomic E-state index is 11.5. The fourth-order valence-electron chi connectivity index (χ4n) is 1.80. The molecule has 0 aliphatic heterocycles. The highest BCUT2D eigenvalue weighted by Gasteiger charge is 2.09. The molecule has 0 radical (unpaired) electrons. The average Bonchev–Trinajstić information content (AvgIpc) is 2.88. The maximum Gasteiger partial charge on any atom is 0.251 e. The van der Waals surface area contributed by atoms with Gasteiger partial charge in [0, 0.05) is 19.2 Å². The SMILES string of the molecule is CCCn1cc(Oc2ccc(C(=O)NC)cc2N)cn1. The predicted octanol–water partition coefficient (Wildman–Crippen LogP) is 2.03. The van der Waals surface area contributed by atoms with Crippen LogP contribution in [0.25, 0.3) is 0 Å². The lowest BCUT2D eigenvalue weighted by Gasteiger charge is -2.08. The number of nitrogen functional groups attached to an aromatic ring is 1. The van der Waals surface area contributed by atoms with Crippen molar-refractivity contribution in [3.8, 4) is 11.5 Å². The molecule has 6 heteroatoms. The summed E-state index contributed by atoms with van der Waals surface area (Å²) in [5, 5.41) is 6.72. The van der Waals surface area contributed by atoms with Gasteiger partial charge in [0.1, 0.15) is 0 Å². The summed E-state index contributed by atoms with van der Waals surface area (Å²) in [6, 6.07) is 4.93. The maximum atomic E-state index is 11.5. The molecule has 1 heterocycles. The summed E-state index contributed by atoms with van der Waals surface area (Å²) in [5.74, 6) is 0.950. The normalized spacial score (nSPS) is 10.3. The zero-order valence-corrected chi connectivity index (χ0v) is 11.6. The number of ether oxygens (including phenoxy) is 1. The molecule has 0 bridgehead atoms. The number of nitrogens with two attached hydrogens (primary N) is 1. The molecule has 0 fully saturated rings. The van der Waals surface area contributed by atoms with Gasteiger partial charge in [-0.25, -0.2) is 0 Å². The Morgan fingerprint density at radius 2 is 2.30 bits per heavy atom. The lowest BCUT2D eigenvalue weighted by atomic mass is 10.2. The van der Waals surface area contributed by atoms with Crippen LogP contribution in [-0.4, -0.2) is 22.7 Å². The standard InChI is InChI=1S/C14H18N4O2/c1-3-6-18-9-11(8-17-18)20-13-5-4-10(7-12(13)15)14(19)16-2/h4-5,7-9H,3,6,15H2,1-2H3,(H,16,19). The van der Waals surface area contributed by atoms with Gasteiger partial charge in [0.2, 0.25) is 0 Å². The van der Waals surface area contributed by atoms with E-state index in [9.17, 15) is 4.79 Å². The first-order valence-corrected chi connectivity index (χ1v) is 6.46. The molecule has 0 spiro atoms. The first kappa shape index (κ1) is 13.9. The van der Waals surface area contributed by atoms with Crippen LogP contribution in [0.4, 0.5) is 5.69 Å². The summed E-state index contributed by atoms with van der Waals surface area (Å²) in [5.41, 5.74) is 6.81. The monoisotopic (exact) mass is 274 g/mol. The van der Waals surface area contributed by atoms with Crippen LogP contribution in [0.1, 0.15) is 23.7 Å². The van der Waals surface area contributed by atoms with Crippen molar-refractivity contribution in [2.24, 2.45) is 0 Å². The number of nitrogens with one attached hydrogen (secondary N) is 1. The van der Waals surface area contributed by atoms with Crippen molar-refractivity contribution in [2.45, 2.75) is 19.9 Å². The Morgan fingerprint density at radius 3 is 2.95 bits per heavy atom. The van der Waals surface area contributed by atoms with Gasteiger partial charge in [0.25, 0.3) is 5.91 Å². The van der Waals surface area contributed by atoms with Crippen LogP contribution in [0, 0.1) is 0 Å². The number of carbonyl (C=O) groups is 1. The van der Waals surface area contributed by atoms with Crippen LogP contribution in [0.15, 0.2) is 30.6 Å². The smallest absolute Gasteiger partial charge is 0.251 e. The minimum atomic E-state index is -0.181. The van der Waals surface area contributed by atoms with Crippen molar-refractivity contribution in [3.63, 3.8) is 0 Å². The van der Waals surface area contributed by atoms with E-state index >= 15 is 0 Å². The molecule has 0 saturated carbocycles. The van der Waals surface area contributed by atoms with Crippen molar-refractivity contribution in [1.82, 2.24) is 15.1 Å². The van der Waals surface area contributed by atoms with Gasteiger partial charge < -0.3 is 15.8 Å². The third-order valence-corrected chi connectivity index (χ3v) is 2.79. The third kappa shape index (κ3) is 3.09. The van der Waals surface area contributed by atoms with Crippen LogP contribution in [0.5, 0.6) is 11.5 Å². The van der Waals surface area contributed by atoms with E-state index in [1.54, 1.807) is 31.4 Å². The Balaban J connectivity index is 2.14. The van der Waals surface area contributed by atoms with Crippen LogP contribution < -0.4 is 15.8 Å². The molecule has 1 aromatic heterocycles. The van der Waals surface area contributed by atoms with Gasteiger partial charge in [-0.3, -0.25) is 9.48 Å². The van der Waals surface area contributed by atoms with Gasteiger partial charge in [0.05, 0.1) is 18.1 Å². The molecule has 20 heavy (non-hydrogen) atoms. The molecule has 0 aliphatic carbocycles. The van der Waals surface area contributed by atoms with Crippen LogP contribution in [-0.2, 0) is 6.54 Å². The summed E-state index contributed by atoms with van der Waals surface area (Å²) < 4.78 is 7.47. The van der Waals surface area contributed by atoms with Gasteiger partial charge in [-0.15, -0.1) is 0 Å². The highest BCUT2D eigenvalue weighted by molar-refractivity contribution is 5.95. The number of amides is 1. The molecular formula is C14H18N4O2. The van der Waals surface area contributed by atoms with Gasteiger partial charge >= 0.3 is 0 Å². The lowest BCUT2D eigenvalue weighted by molar-refractivity contribution is 0.0963. The Labute approximate surface area is 117 Å². The molecule has 106 valence electrons. The molecule has 1 aromatic carbocycles. The van der Waals surface area contributed by atoms with Gasteiger partial charge in [-0.2, -0.15) is 5.10 Å². The zero-order chi connectivity index (χ0) is 14.5. The van der Waals surface area contributed by atoms with Crippen molar-refractivity contribution in [2.75, 3.05) is 12.8 Å². The van der Waals surface area contributed by atoms with E-state index in [0.29, 0.717) is 22.7 Å². The second-order valence-corrected chi connectivity index (χ2v) is 4.37. The van der Waals surface area contributed by atoms with Crippen molar-refractivity contribution < 1.29 is 9.53 Å². The molecule has 0 unspecified atom stereocenters. The van der Waals surface area contributed by atoms with Crippen LogP contribution in [0.3, 0.4) is 0 Å². The summed E-state index contributed by atoms with van der Waals surface area (Å²) in [4.78, 5) is 11.5. The van der Waals surface area contributed by atoms with E-state index in [1.807, 2.05) is 10.9 Å². The Morgan fingerprint density at radius 1 is 1.50 bits per heavy atom. The molecule has 2 rings (SSSR count). The number of carbonyl (C=O) groups excluding carboxylic acids is 1. The Bertz CT molecular complexity index is 607. The highest BCUT2D eigenvalue weighted by atomic mass is 16.5. The fourth-order valence-corrected chi connectivity index (χ4v) is 1.80. The lowest BCUT2D eigenvalue weighted by Crippen LogP contribution is -2.17. The van der Waals surface area contributed by atoms with E-state index in [1.165, 1.54) is 0 Å². The minimum Gasteiger partial charge on any atom is -0.452 e.